The smallest absolute Gasteiger partial charge is 0.275 e. The van der Waals surface area contributed by atoms with Crippen molar-refractivity contribution in [3.05, 3.63) is 100 Å². The molecule has 4 heterocycles. The minimum absolute atomic E-state index is 0.0696. The summed E-state index contributed by atoms with van der Waals surface area (Å²) in [6.45, 7) is 0.250. The number of rotatable bonds is 4. The number of nitrogens with one attached hydrogen (secondary N) is 1. The van der Waals surface area contributed by atoms with E-state index in [9.17, 15) is 18.7 Å². The lowest BCUT2D eigenvalue weighted by Crippen LogP contribution is -2.20. The number of H-pyrrole nitrogens is 1. The number of aliphatic hydroxyl groups excluding tert-OH is 1. The number of pyridine rings is 1. The average Bonchev–Trinajstić information content (AvgIpc) is 3.33. The number of halogens is 2. The monoisotopic (exact) mass is 407 g/mol. The summed E-state index contributed by atoms with van der Waals surface area (Å²) in [5, 5.41) is 11.1. The van der Waals surface area contributed by atoms with Crippen molar-refractivity contribution in [2.24, 2.45) is 0 Å². The molecule has 0 saturated carbocycles. The molecule has 7 nitrogen and oxygen atoms in total. The Labute approximate surface area is 167 Å². The molecule has 30 heavy (non-hydrogen) atoms. The molecule has 1 atom stereocenters. The van der Waals surface area contributed by atoms with Crippen LogP contribution in [0, 0.1) is 11.6 Å². The molecule has 0 aliphatic rings. The molecule has 5 aromatic rings. The van der Waals surface area contributed by atoms with E-state index in [1.165, 1.54) is 16.8 Å². The maximum atomic E-state index is 14.1. The average molecular weight is 407 g/mol. The van der Waals surface area contributed by atoms with Crippen molar-refractivity contribution in [1.82, 2.24) is 23.9 Å². The predicted octanol–water partition coefficient (Wildman–Crippen LogP) is 2.78. The minimum Gasteiger partial charge on any atom is -0.383 e. The molecular weight excluding hydrogens is 392 g/mol. The van der Waals surface area contributed by atoms with Crippen LogP contribution in [0.25, 0.3) is 16.6 Å². The van der Waals surface area contributed by atoms with Gasteiger partial charge in [-0.3, -0.25) is 9.20 Å². The molecular formula is C21H15F2N5O2. The van der Waals surface area contributed by atoms with Gasteiger partial charge in [0.05, 0.1) is 12.2 Å². The SMILES string of the molecule is O=c1c2[nH]cc(C(O)c3ccc(F)cc3F)c2ccn1Cc1cn2cnccc2n1. The van der Waals surface area contributed by atoms with Gasteiger partial charge in [-0.2, -0.15) is 0 Å². The third-order valence-electron chi connectivity index (χ3n) is 5.04. The molecule has 150 valence electrons. The second-order valence-electron chi connectivity index (χ2n) is 6.93. The first-order valence-electron chi connectivity index (χ1n) is 9.12. The summed E-state index contributed by atoms with van der Waals surface area (Å²) in [4.78, 5) is 24.3. The highest BCUT2D eigenvalue weighted by atomic mass is 19.1. The number of hydrogen-bond donors (Lipinski definition) is 2. The maximum absolute atomic E-state index is 14.1. The van der Waals surface area contributed by atoms with E-state index in [4.69, 9.17) is 0 Å². The first-order valence-corrected chi connectivity index (χ1v) is 9.12. The molecule has 9 heteroatoms. The molecule has 1 aromatic carbocycles. The number of aromatic nitrogens is 5. The van der Waals surface area contributed by atoms with Crippen LogP contribution >= 0.6 is 0 Å². The van der Waals surface area contributed by atoms with Gasteiger partial charge in [-0.15, -0.1) is 0 Å². The molecule has 2 N–H and O–H groups in total. The molecule has 0 bridgehead atoms. The van der Waals surface area contributed by atoms with E-state index in [2.05, 4.69) is 15.0 Å². The first kappa shape index (κ1) is 18.2. The van der Waals surface area contributed by atoms with E-state index in [1.54, 1.807) is 41.5 Å². The third kappa shape index (κ3) is 2.96. The Bertz CT molecular complexity index is 1420. The molecule has 4 aromatic heterocycles. The van der Waals surface area contributed by atoms with Crippen LogP contribution in [0.3, 0.4) is 0 Å². The number of aromatic amines is 1. The fraction of sp³-hybridized carbons (Fsp3) is 0.0952. The molecule has 0 fully saturated rings. The molecule has 5 rings (SSSR count). The second-order valence-corrected chi connectivity index (χ2v) is 6.93. The van der Waals surface area contributed by atoms with Crippen molar-refractivity contribution < 1.29 is 13.9 Å². The van der Waals surface area contributed by atoms with E-state index >= 15 is 0 Å². The highest BCUT2D eigenvalue weighted by Gasteiger charge is 2.20. The number of hydrogen-bond acceptors (Lipinski definition) is 4. The van der Waals surface area contributed by atoms with Gasteiger partial charge < -0.3 is 14.7 Å². The Kier molecular flexibility index (Phi) is 4.18. The summed E-state index contributed by atoms with van der Waals surface area (Å²) in [7, 11) is 0. The molecule has 0 amide bonds. The van der Waals surface area contributed by atoms with Crippen molar-refractivity contribution in [2.75, 3.05) is 0 Å². The summed E-state index contributed by atoms with van der Waals surface area (Å²) in [5.41, 5.74) is 1.64. The van der Waals surface area contributed by atoms with Crippen molar-refractivity contribution in [3.63, 3.8) is 0 Å². The van der Waals surface area contributed by atoms with Gasteiger partial charge in [0.1, 0.15) is 35.2 Å². The second kappa shape index (κ2) is 6.89. The Balaban J connectivity index is 1.52. The number of nitrogens with zero attached hydrogens (tertiary/aromatic N) is 4. The van der Waals surface area contributed by atoms with Crippen LogP contribution in [0.5, 0.6) is 0 Å². The molecule has 0 saturated heterocycles. The summed E-state index contributed by atoms with van der Waals surface area (Å²) in [6.07, 6.45) is 6.77. The lowest BCUT2D eigenvalue weighted by molar-refractivity contribution is 0.216. The number of imidazole rings is 1. The van der Waals surface area contributed by atoms with Crippen molar-refractivity contribution in [1.29, 1.82) is 0 Å². The summed E-state index contributed by atoms with van der Waals surface area (Å²) >= 11 is 0. The lowest BCUT2D eigenvalue weighted by Gasteiger charge is -2.11. The van der Waals surface area contributed by atoms with Crippen LogP contribution in [0.4, 0.5) is 8.78 Å². The Hall–Kier alpha value is -3.85. The number of aliphatic hydroxyl groups is 1. The minimum atomic E-state index is -1.35. The maximum Gasteiger partial charge on any atom is 0.275 e. The van der Waals surface area contributed by atoms with Crippen LogP contribution in [0.15, 0.2) is 66.2 Å². The molecule has 0 spiro atoms. The third-order valence-corrected chi connectivity index (χ3v) is 5.04. The summed E-state index contributed by atoms with van der Waals surface area (Å²) in [6, 6.07) is 6.42. The van der Waals surface area contributed by atoms with Crippen molar-refractivity contribution in [3.8, 4) is 0 Å². The zero-order valence-corrected chi connectivity index (χ0v) is 15.5. The zero-order valence-electron chi connectivity index (χ0n) is 15.5. The first-order chi connectivity index (χ1) is 14.5. The van der Waals surface area contributed by atoms with Crippen molar-refractivity contribution >= 4 is 16.6 Å². The van der Waals surface area contributed by atoms with Crippen LogP contribution in [0.1, 0.15) is 22.9 Å². The predicted molar refractivity (Wildman–Crippen MR) is 105 cm³/mol. The quantitative estimate of drug-likeness (QED) is 0.480. The lowest BCUT2D eigenvalue weighted by atomic mass is 10.0. The fourth-order valence-electron chi connectivity index (χ4n) is 3.57. The molecule has 0 aliphatic heterocycles. The topological polar surface area (TPSA) is 88.2 Å². The largest absolute Gasteiger partial charge is 0.383 e. The van der Waals surface area contributed by atoms with Gasteiger partial charge in [0.2, 0.25) is 0 Å². The highest BCUT2D eigenvalue weighted by molar-refractivity contribution is 5.83. The standard InChI is InChI=1S/C21H15F2N5O2/c22-12-1-2-15(17(23)7-12)20(29)16-8-25-19-14(16)4-6-27(21(19)30)9-13-10-28-11-24-5-3-18(28)26-13/h1-8,10-11,20,25,29H,9H2. The van der Waals surface area contributed by atoms with Gasteiger partial charge in [0.15, 0.2) is 0 Å². The van der Waals surface area contributed by atoms with Gasteiger partial charge in [-0.05, 0) is 18.2 Å². The van der Waals surface area contributed by atoms with Gasteiger partial charge in [-0.25, -0.2) is 18.7 Å². The van der Waals surface area contributed by atoms with E-state index in [0.717, 1.165) is 11.7 Å². The van der Waals surface area contributed by atoms with Crippen molar-refractivity contribution in [2.45, 2.75) is 12.6 Å². The van der Waals surface area contributed by atoms with E-state index in [-0.39, 0.29) is 23.2 Å². The highest BCUT2D eigenvalue weighted by Crippen LogP contribution is 2.29. The van der Waals surface area contributed by atoms with Crippen LogP contribution in [-0.4, -0.2) is 29.0 Å². The molecule has 0 radical (unpaired) electrons. The summed E-state index contributed by atoms with van der Waals surface area (Å²) < 4.78 is 30.5. The van der Waals surface area contributed by atoms with Crippen LogP contribution in [-0.2, 0) is 6.54 Å². The number of fused-ring (bicyclic) bond motifs is 2. The van der Waals surface area contributed by atoms with Gasteiger partial charge >= 0.3 is 0 Å². The van der Waals surface area contributed by atoms with E-state index in [0.29, 0.717) is 22.7 Å². The Morgan fingerprint density at radius 1 is 1.17 bits per heavy atom. The molecule has 0 aliphatic carbocycles. The fourth-order valence-corrected chi connectivity index (χ4v) is 3.57. The van der Waals surface area contributed by atoms with E-state index in [1.807, 2.05) is 0 Å². The van der Waals surface area contributed by atoms with Gasteiger partial charge in [0.25, 0.3) is 5.56 Å². The summed E-state index contributed by atoms with van der Waals surface area (Å²) in [5.74, 6) is -1.58. The van der Waals surface area contributed by atoms with Gasteiger partial charge in [-0.1, -0.05) is 6.07 Å². The van der Waals surface area contributed by atoms with E-state index < -0.39 is 17.7 Å². The van der Waals surface area contributed by atoms with Gasteiger partial charge in [0, 0.05) is 47.4 Å². The molecule has 1 unspecified atom stereocenters. The normalized spacial score (nSPS) is 12.6. The Morgan fingerprint density at radius 2 is 2.03 bits per heavy atom. The number of benzene rings is 1. The van der Waals surface area contributed by atoms with Crippen LogP contribution < -0.4 is 5.56 Å². The Morgan fingerprint density at radius 3 is 2.83 bits per heavy atom. The zero-order chi connectivity index (χ0) is 20.8. The van der Waals surface area contributed by atoms with Crippen LogP contribution in [0.2, 0.25) is 0 Å².